The highest BCUT2D eigenvalue weighted by Crippen LogP contribution is 2.24. The third-order valence-corrected chi connectivity index (χ3v) is 5.97. The van der Waals surface area contributed by atoms with E-state index in [4.69, 9.17) is 0 Å². The first-order chi connectivity index (χ1) is 15.4. The molecule has 7 heteroatoms. The topological polar surface area (TPSA) is 86.8 Å². The number of hydrogen-bond acceptors (Lipinski definition) is 4. The lowest BCUT2D eigenvalue weighted by Gasteiger charge is -2.16. The van der Waals surface area contributed by atoms with E-state index in [2.05, 4.69) is 5.32 Å². The lowest BCUT2D eigenvalue weighted by Crippen LogP contribution is -2.32. The Hall–Kier alpha value is -3.48. The zero-order valence-corrected chi connectivity index (χ0v) is 18.2. The zero-order valence-electron chi connectivity index (χ0n) is 18.2. The van der Waals surface area contributed by atoms with E-state index in [-0.39, 0.29) is 36.6 Å². The number of rotatable bonds is 7. The van der Waals surface area contributed by atoms with Gasteiger partial charge in [-0.15, -0.1) is 0 Å². The highest BCUT2D eigenvalue weighted by atomic mass is 16.2. The first-order valence-corrected chi connectivity index (χ1v) is 11.1. The summed E-state index contributed by atoms with van der Waals surface area (Å²) in [5.74, 6) is -0.723. The number of nitrogens with zero attached hydrogens (tertiary/aromatic N) is 2. The summed E-state index contributed by atoms with van der Waals surface area (Å²) in [5.41, 5.74) is 3.28. The Morgan fingerprint density at radius 2 is 1.72 bits per heavy atom. The minimum absolute atomic E-state index is 0.0341. The molecule has 1 saturated heterocycles. The van der Waals surface area contributed by atoms with Crippen LogP contribution in [0.2, 0.25) is 0 Å². The maximum atomic E-state index is 12.5. The van der Waals surface area contributed by atoms with Crippen LogP contribution in [0.1, 0.15) is 67.9 Å². The van der Waals surface area contributed by atoms with Crippen LogP contribution in [0.4, 0.5) is 0 Å². The number of benzene rings is 2. The molecule has 32 heavy (non-hydrogen) atoms. The summed E-state index contributed by atoms with van der Waals surface area (Å²) in [6.45, 7) is 4.01. The van der Waals surface area contributed by atoms with Crippen molar-refractivity contribution in [1.82, 2.24) is 15.1 Å². The molecule has 0 radical (unpaired) electrons. The van der Waals surface area contributed by atoms with E-state index in [0.717, 1.165) is 37.1 Å². The van der Waals surface area contributed by atoms with Crippen LogP contribution in [0.25, 0.3) is 0 Å². The monoisotopic (exact) mass is 433 g/mol. The molecule has 0 unspecified atom stereocenters. The number of carbonyl (C=O) groups is 4. The molecule has 166 valence electrons. The van der Waals surface area contributed by atoms with E-state index in [1.54, 1.807) is 18.2 Å². The molecule has 0 aromatic heterocycles. The van der Waals surface area contributed by atoms with Crippen molar-refractivity contribution in [1.29, 1.82) is 0 Å². The Morgan fingerprint density at radius 3 is 2.50 bits per heavy atom. The van der Waals surface area contributed by atoms with E-state index in [1.807, 2.05) is 36.1 Å². The van der Waals surface area contributed by atoms with Gasteiger partial charge in [0, 0.05) is 38.2 Å². The summed E-state index contributed by atoms with van der Waals surface area (Å²) in [6.07, 6.45) is 2.69. The number of carbonyl (C=O) groups excluding carboxylic acids is 4. The Morgan fingerprint density at radius 1 is 0.969 bits per heavy atom. The molecule has 7 nitrogen and oxygen atoms in total. The summed E-state index contributed by atoms with van der Waals surface area (Å²) < 4.78 is 0. The van der Waals surface area contributed by atoms with Crippen molar-refractivity contribution >= 4 is 23.6 Å². The lowest BCUT2D eigenvalue weighted by atomic mass is 10.1. The Bertz CT molecular complexity index is 1070. The lowest BCUT2D eigenvalue weighted by molar-refractivity contribution is -0.121. The maximum absolute atomic E-state index is 12.5. The smallest absolute Gasteiger partial charge is 0.261 e. The fourth-order valence-corrected chi connectivity index (χ4v) is 4.21. The first-order valence-electron chi connectivity index (χ1n) is 11.1. The van der Waals surface area contributed by atoms with Crippen molar-refractivity contribution in [2.75, 3.05) is 19.6 Å². The van der Waals surface area contributed by atoms with E-state index in [1.165, 1.54) is 4.90 Å². The zero-order chi connectivity index (χ0) is 22.7. The van der Waals surface area contributed by atoms with Crippen LogP contribution in [-0.4, -0.2) is 53.1 Å². The second-order valence-electron chi connectivity index (χ2n) is 8.39. The molecule has 4 rings (SSSR count). The number of nitrogens with one attached hydrogen (secondary N) is 1. The number of hydrogen-bond donors (Lipinski definition) is 1. The van der Waals surface area contributed by atoms with Crippen molar-refractivity contribution < 1.29 is 19.2 Å². The van der Waals surface area contributed by atoms with Crippen LogP contribution in [0.5, 0.6) is 0 Å². The van der Waals surface area contributed by atoms with Crippen molar-refractivity contribution in [2.24, 2.45) is 0 Å². The largest absolute Gasteiger partial charge is 0.352 e. The molecular formula is C25H27N3O4. The van der Waals surface area contributed by atoms with E-state index < -0.39 is 0 Å². The van der Waals surface area contributed by atoms with Gasteiger partial charge in [-0.3, -0.25) is 24.1 Å². The van der Waals surface area contributed by atoms with Crippen LogP contribution < -0.4 is 5.32 Å². The molecule has 0 spiro atoms. The SMILES string of the molecule is Cc1ccc2c(c1)C(=O)N(CCCC(=O)NCc1cccc(C(=O)N3CCCC3)c1)C2=O. The molecular weight excluding hydrogens is 406 g/mol. The summed E-state index contributed by atoms with van der Waals surface area (Å²) in [5, 5.41) is 2.85. The van der Waals surface area contributed by atoms with E-state index >= 15 is 0 Å². The van der Waals surface area contributed by atoms with Crippen molar-refractivity contribution in [3.8, 4) is 0 Å². The summed E-state index contributed by atoms with van der Waals surface area (Å²) in [6, 6.07) is 12.5. The van der Waals surface area contributed by atoms with Gasteiger partial charge in [0.05, 0.1) is 11.1 Å². The second kappa shape index (κ2) is 9.34. The van der Waals surface area contributed by atoms with Crippen LogP contribution in [0.3, 0.4) is 0 Å². The molecule has 2 aliphatic rings. The number of likely N-dealkylation sites (tertiary alicyclic amines) is 1. The first kappa shape index (κ1) is 21.7. The Balaban J connectivity index is 1.25. The van der Waals surface area contributed by atoms with E-state index in [0.29, 0.717) is 29.7 Å². The van der Waals surface area contributed by atoms with Gasteiger partial charge in [-0.2, -0.15) is 0 Å². The van der Waals surface area contributed by atoms with Gasteiger partial charge < -0.3 is 10.2 Å². The molecule has 1 fully saturated rings. The molecule has 2 aliphatic heterocycles. The third-order valence-electron chi connectivity index (χ3n) is 5.97. The molecule has 1 N–H and O–H groups in total. The molecule has 0 aliphatic carbocycles. The van der Waals surface area contributed by atoms with Crippen LogP contribution in [0, 0.1) is 6.92 Å². The van der Waals surface area contributed by atoms with Gasteiger partial charge >= 0.3 is 0 Å². The average Bonchev–Trinajstić information content (AvgIpc) is 3.41. The molecule has 2 aromatic rings. The number of fused-ring (bicyclic) bond motifs is 1. The minimum atomic E-state index is -0.301. The molecule has 2 aromatic carbocycles. The van der Waals surface area contributed by atoms with Gasteiger partial charge in [0.25, 0.3) is 17.7 Å². The van der Waals surface area contributed by atoms with E-state index in [9.17, 15) is 19.2 Å². The third kappa shape index (κ3) is 4.56. The maximum Gasteiger partial charge on any atom is 0.261 e. The minimum Gasteiger partial charge on any atom is -0.352 e. The van der Waals surface area contributed by atoms with Gasteiger partial charge in [-0.05, 0) is 56.0 Å². The van der Waals surface area contributed by atoms with Crippen LogP contribution >= 0.6 is 0 Å². The van der Waals surface area contributed by atoms with Gasteiger partial charge in [-0.1, -0.05) is 23.8 Å². The fourth-order valence-electron chi connectivity index (χ4n) is 4.21. The van der Waals surface area contributed by atoms with Crippen molar-refractivity contribution in [2.45, 2.75) is 39.2 Å². The standard InChI is InChI=1S/C25H27N3O4/c1-17-9-10-20-21(14-17)25(32)28(24(20)31)13-5-8-22(29)26-16-18-6-4-7-19(15-18)23(30)27-11-2-3-12-27/h4,6-7,9-10,14-15H,2-3,5,8,11-13,16H2,1H3,(H,26,29). The summed E-state index contributed by atoms with van der Waals surface area (Å²) in [7, 11) is 0. The number of imide groups is 1. The molecule has 0 bridgehead atoms. The van der Waals surface area contributed by atoms with Gasteiger partial charge in [-0.25, -0.2) is 0 Å². The fraction of sp³-hybridized carbons (Fsp3) is 0.360. The molecule has 2 heterocycles. The summed E-state index contributed by atoms with van der Waals surface area (Å²) >= 11 is 0. The van der Waals surface area contributed by atoms with Gasteiger partial charge in [0.15, 0.2) is 0 Å². The van der Waals surface area contributed by atoms with Gasteiger partial charge in [0.1, 0.15) is 0 Å². The average molecular weight is 434 g/mol. The van der Waals surface area contributed by atoms with Crippen molar-refractivity contribution in [3.05, 3.63) is 70.3 Å². The van der Waals surface area contributed by atoms with Crippen molar-refractivity contribution in [3.63, 3.8) is 0 Å². The summed E-state index contributed by atoms with van der Waals surface area (Å²) in [4.78, 5) is 52.8. The molecule has 4 amide bonds. The normalized spacial score (nSPS) is 15.3. The number of amides is 4. The van der Waals surface area contributed by atoms with Gasteiger partial charge in [0.2, 0.25) is 5.91 Å². The highest BCUT2D eigenvalue weighted by Gasteiger charge is 2.34. The Labute approximate surface area is 187 Å². The predicted molar refractivity (Wildman–Crippen MR) is 119 cm³/mol. The van der Waals surface area contributed by atoms with Crippen LogP contribution in [0.15, 0.2) is 42.5 Å². The molecule has 0 atom stereocenters. The second-order valence-corrected chi connectivity index (χ2v) is 8.39. The highest BCUT2D eigenvalue weighted by molar-refractivity contribution is 6.21. The quantitative estimate of drug-likeness (QED) is 0.681. The molecule has 0 saturated carbocycles. The number of aryl methyl sites for hydroxylation is 1. The Kier molecular flexibility index (Phi) is 6.35. The predicted octanol–water partition coefficient (Wildman–Crippen LogP) is 2.92. The van der Waals surface area contributed by atoms with Crippen LogP contribution in [-0.2, 0) is 11.3 Å².